The first-order chi connectivity index (χ1) is 10.7. The summed E-state index contributed by atoms with van der Waals surface area (Å²) in [6, 6.07) is 16.5. The van der Waals surface area contributed by atoms with Gasteiger partial charge in [-0.2, -0.15) is 0 Å². The van der Waals surface area contributed by atoms with Crippen molar-refractivity contribution in [2.24, 2.45) is 0 Å². The molecule has 0 atom stereocenters. The smallest absolute Gasteiger partial charge is 0.119 e. The van der Waals surface area contributed by atoms with Gasteiger partial charge >= 0.3 is 0 Å². The molecule has 0 aliphatic rings. The van der Waals surface area contributed by atoms with Crippen LogP contribution in [0.2, 0.25) is 0 Å². The molecule has 3 heteroatoms. The zero-order valence-electron chi connectivity index (χ0n) is 13.6. The predicted octanol–water partition coefficient (Wildman–Crippen LogP) is 4.16. The lowest BCUT2D eigenvalue weighted by atomic mass is 10.2. The first kappa shape index (κ1) is 16.4. The van der Waals surface area contributed by atoms with E-state index >= 15 is 0 Å². The summed E-state index contributed by atoms with van der Waals surface area (Å²) in [5.74, 6) is 1.84. The van der Waals surface area contributed by atoms with E-state index in [-0.39, 0.29) is 6.10 Å². The van der Waals surface area contributed by atoms with Crippen molar-refractivity contribution in [1.82, 2.24) is 5.32 Å². The largest absolute Gasteiger partial charge is 0.494 e. The number of ether oxygens (including phenoxy) is 2. The molecule has 0 saturated heterocycles. The van der Waals surface area contributed by atoms with Crippen LogP contribution in [0.5, 0.6) is 11.5 Å². The third-order valence-corrected chi connectivity index (χ3v) is 3.19. The molecule has 0 spiro atoms. The van der Waals surface area contributed by atoms with E-state index in [0.29, 0.717) is 6.61 Å². The molecular formula is C19H25NO2. The molecule has 0 aliphatic carbocycles. The van der Waals surface area contributed by atoms with Gasteiger partial charge in [0.05, 0.1) is 12.7 Å². The molecule has 3 nitrogen and oxygen atoms in total. The van der Waals surface area contributed by atoms with E-state index in [1.54, 1.807) is 0 Å². The molecule has 0 amide bonds. The van der Waals surface area contributed by atoms with Gasteiger partial charge in [-0.05, 0) is 56.2 Å². The van der Waals surface area contributed by atoms with Crippen LogP contribution in [0.4, 0.5) is 0 Å². The van der Waals surface area contributed by atoms with Gasteiger partial charge in [0.15, 0.2) is 0 Å². The second-order valence-corrected chi connectivity index (χ2v) is 5.49. The zero-order chi connectivity index (χ0) is 15.8. The fraction of sp³-hybridized carbons (Fsp3) is 0.368. The highest BCUT2D eigenvalue weighted by Crippen LogP contribution is 2.14. The van der Waals surface area contributed by atoms with Gasteiger partial charge in [0.1, 0.15) is 11.5 Å². The van der Waals surface area contributed by atoms with E-state index in [2.05, 4.69) is 29.6 Å². The molecule has 1 N–H and O–H groups in total. The van der Waals surface area contributed by atoms with Crippen LogP contribution >= 0.6 is 0 Å². The number of hydrogen-bond acceptors (Lipinski definition) is 3. The SMILES string of the molecule is CCOc1ccc(CNCc2ccc(OC(C)C)cc2)cc1. The maximum atomic E-state index is 5.64. The molecule has 0 aromatic heterocycles. The van der Waals surface area contributed by atoms with Gasteiger partial charge in [0, 0.05) is 13.1 Å². The lowest BCUT2D eigenvalue weighted by Gasteiger charge is -2.10. The Kier molecular flexibility index (Phi) is 6.28. The van der Waals surface area contributed by atoms with E-state index in [1.807, 2.05) is 45.0 Å². The summed E-state index contributed by atoms with van der Waals surface area (Å²) >= 11 is 0. The second-order valence-electron chi connectivity index (χ2n) is 5.49. The average Bonchev–Trinajstić information content (AvgIpc) is 2.50. The highest BCUT2D eigenvalue weighted by atomic mass is 16.5. The minimum Gasteiger partial charge on any atom is -0.494 e. The summed E-state index contributed by atoms with van der Waals surface area (Å²) in [5, 5.41) is 3.45. The normalized spacial score (nSPS) is 10.7. The highest BCUT2D eigenvalue weighted by molar-refractivity contribution is 5.28. The molecule has 0 heterocycles. The van der Waals surface area contributed by atoms with Crippen LogP contribution in [0.15, 0.2) is 48.5 Å². The molecule has 0 aliphatic heterocycles. The molecule has 2 aromatic carbocycles. The Balaban J connectivity index is 1.78. The van der Waals surface area contributed by atoms with Crippen LogP contribution in [0.1, 0.15) is 31.9 Å². The van der Waals surface area contributed by atoms with E-state index in [4.69, 9.17) is 9.47 Å². The van der Waals surface area contributed by atoms with Gasteiger partial charge in [-0.25, -0.2) is 0 Å². The van der Waals surface area contributed by atoms with Crippen LogP contribution in [-0.4, -0.2) is 12.7 Å². The summed E-state index contributed by atoms with van der Waals surface area (Å²) in [5.41, 5.74) is 2.50. The number of rotatable bonds is 8. The lowest BCUT2D eigenvalue weighted by Crippen LogP contribution is -2.12. The van der Waals surface area contributed by atoms with Crippen LogP contribution in [0.25, 0.3) is 0 Å². The number of hydrogen-bond donors (Lipinski definition) is 1. The van der Waals surface area contributed by atoms with Gasteiger partial charge in [-0.1, -0.05) is 24.3 Å². The monoisotopic (exact) mass is 299 g/mol. The van der Waals surface area contributed by atoms with Crippen LogP contribution < -0.4 is 14.8 Å². The van der Waals surface area contributed by atoms with E-state index in [0.717, 1.165) is 24.6 Å². The van der Waals surface area contributed by atoms with Crippen molar-refractivity contribution in [3.05, 3.63) is 59.7 Å². The quantitative estimate of drug-likeness (QED) is 0.794. The maximum Gasteiger partial charge on any atom is 0.119 e. The molecule has 0 radical (unpaired) electrons. The van der Waals surface area contributed by atoms with Crippen molar-refractivity contribution < 1.29 is 9.47 Å². The summed E-state index contributed by atoms with van der Waals surface area (Å²) in [7, 11) is 0. The van der Waals surface area contributed by atoms with Crippen molar-refractivity contribution in [1.29, 1.82) is 0 Å². The van der Waals surface area contributed by atoms with E-state index in [1.165, 1.54) is 11.1 Å². The Morgan fingerprint density at radius 1 is 0.818 bits per heavy atom. The van der Waals surface area contributed by atoms with Gasteiger partial charge in [0.25, 0.3) is 0 Å². The topological polar surface area (TPSA) is 30.5 Å². The molecule has 2 rings (SSSR count). The molecule has 2 aromatic rings. The van der Waals surface area contributed by atoms with Crippen LogP contribution in [0.3, 0.4) is 0 Å². The second kappa shape index (κ2) is 8.44. The highest BCUT2D eigenvalue weighted by Gasteiger charge is 1.99. The zero-order valence-corrected chi connectivity index (χ0v) is 13.6. The molecular weight excluding hydrogens is 274 g/mol. The molecule has 22 heavy (non-hydrogen) atoms. The van der Waals surface area contributed by atoms with Crippen molar-refractivity contribution in [3.63, 3.8) is 0 Å². The third-order valence-electron chi connectivity index (χ3n) is 3.19. The Hall–Kier alpha value is -2.00. The fourth-order valence-corrected chi connectivity index (χ4v) is 2.18. The molecule has 0 unspecified atom stereocenters. The van der Waals surface area contributed by atoms with E-state index in [9.17, 15) is 0 Å². The van der Waals surface area contributed by atoms with Gasteiger partial charge in [-0.3, -0.25) is 0 Å². The van der Waals surface area contributed by atoms with Crippen molar-refractivity contribution in [2.45, 2.75) is 40.0 Å². The Labute approximate surface area is 133 Å². The summed E-state index contributed by atoms with van der Waals surface area (Å²) in [6.45, 7) is 8.45. The summed E-state index contributed by atoms with van der Waals surface area (Å²) in [6.07, 6.45) is 0.212. The summed E-state index contributed by atoms with van der Waals surface area (Å²) in [4.78, 5) is 0. The first-order valence-corrected chi connectivity index (χ1v) is 7.85. The van der Waals surface area contributed by atoms with Gasteiger partial charge in [0.2, 0.25) is 0 Å². The molecule has 0 saturated carbocycles. The Morgan fingerprint density at radius 3 is 1.77 bits per heavy atom. The van der Waals surface area contributed by atoms with E-state index < -0.39 is 0 Å². The number of benzene rings is 2. The minimum atomic E-state index is 0.212. The van der Waals surface area contributed by atoms with Crippen LogP contribution in [0, 0.1) is 0 Å². The molecule has 0 fully saturated rings. The van der Waals surface area contributed by atoms with Crippen molar-refractivity contribution in [2.75, 3.05) is 6.61 Å². The standard InChI is InChI=1S/C19H25NO2/c1-4-21-18-9-5-16(6-10-18)13-20-14-17-7-11-19(12-8-17)22-15(2)3/h5-12,15,20H,4,13-14H2,1-3H3. The number of nitrogens with one attached hydrogen (secondary N) is 1. The predicted molar refractivity (Wildman–Crippen MR) is 90.4 cm³/mol. The average molecular weight is 299 g/mol. The van der Waals surface area contributed by atoms with Crippen molar-refractivity contribution >= 4 is 0 Å². The molecule has 118 valence electrons. The lowest BCUT2D eigenvalue weighted by molar-refractivity contribution is 0.242. The summed E-state index contributed by atoms with van der Waals surface area (Å²) < 4.78 is 11.1. The minimum absolute atomic E-state index is 0.212. The molecule has 0 bridgehead atoms. The van der Waals surface area contributed by atoms with Gasteiger partial charge < -0.3 is 14.8 Å². The maximum absolute atomic E-state index is 5.64. The third kappa shape index (κ3) is 5.41. The fourth-order valence-electron chi connectivity index (χ4n) is 2.18. The Bertz CT molecular complexity index is 547. The van der Waals surface area contributed by atoms with Crippen molar-refractivity contribution in [3.8, 4) is 11.5 Å². The van der Waals surface area contributed by atoms with Gasteiger partial charge in [-0.15, -0.1) is 0 Å². The van der Waals surface area contributed by atoms with Crippen LogP contribution in [-0.2, 0) is 13.1 Å². The first-order valence-electron chi connectivity index (χ1n) is 7.85. The Morgan fingerprint density at radius 2 is 1.32 bits per heavy atom.